The maximum atomic E-state index is 12.7. The lowest BCUT2D eigenvalue weighted by Gasteiger charge is -2.10. The van der Waals surface area contributed by atoms with Crippen molar-refractivity contribution in [2.75, 3.05) is 10.6 Å². The Labute approximate surface area is 146 Å². The second-order valence-electron chi connectivity index (χ2n) is 6.35. The molecule has 0 radical (unpaired) electrons. The molecule has 0 spiro atoms. The van der Waals surface area contributed by atoms with Crippen LogP contribution in [-0.4, -0.2) is 16.4 Å². The van der Waals surface area contributed by atoms with E-state index in [1.807, 2.05) is 55.9 Å². The van der Waals surface area contributed by atoms with Gasteiger partial charge in [0.1, 0.15) is 0 Å². The standard InChI is InChI=1S/C20H21N3O2/c1-13(2)19(24)21-14-7-6-8-15(11-14)22-20(25)17-12-23(3)18-10-5-4-9-16(17)18/h4-13H,1-3H3,(H,21,24)(H,22,25). The number of benzene rings is 2. The third kappa shape index (κ3) is 3.55. The summed E-state index contributed by atoms with van der Waals surface area (Å²) in [6, 6.07) is 14.9. The molecule has 2 aromatic carbocycles. The van der Waals surface area contributed by atoms with Crippen molar-refractivity contribution in [2.24, 2.45) is 13.0 Å². The zero-order valence-corrected chi connectivity index (χ0v) is 14.5. The quantitative estimate of drug-likeness (QED) is 0.756. The fraction of sp³-hybridized carbons (Fsp3) is 0.200. The first kappa shape index (κ1) is 16.8. The molecule has 5 nitrogen and oxygen atoms in total. The Morgan fingerprint density at radius 2 is 1.64 bits per heavy atom. The second kappa shape index (κ2) is 6.81. The predicted octanol–water partition coefficient (Wildman–Crippen LogP) is 4.03. The topological polar surface area (TPSA) is 63.1 Å². The second-order valence-corrected chi connectivity index (χ2v) is 6.35. The summed E-state index contributed by atoms with van der Waals surface area (Å²) in [6.07, 6.45) is 1.82. The third-order valence-corrected chi connectivity index (χ3v) is 4.05. The van der Waals surface area contributed by atoms with Crippen LogP contribution in [0.4, 0.5) is 11.4 Å². The largest absolute Gasteiger partial charge is 0.350 e. The Kier molecular flexibility index (Phi) is 4.57. The highest BCUT2D eigenvalue weighted by atomic mass is 16.2. The molecule has 0 bridgehead atoms. The third-order valence-electron chi connectivity index (χ3n) is 4.05. The fourth-order valence-electron chi connectivity index (χ4n) is 2.68. The number of hydrogen-bond acceptors (Lipinski definition) is 2. The smallest absolute Gasteiger partial charge is 0.257 e. The summed E-state index contributed by atoms with van der Waals surface area (Å²) in [6.45, 7) is 3.67. The number of nitrogens with zero attached hydrogens (tertiary/aromatic N) is 1. The van der Waals surface area contributed by atoms with Gasteiger partial charge in [-0.1, -0.05) is 38.1 Å². The molecule has 3 aromatic rings. The predicted molar refractivity (Wildman–Crippen MR) is 101 cm³/mol. The molecule has 1 heterocycles. The molecule has 0 unspecified atom stereocenters. The van der Waals surface area contributed by atoms with Crippen molar-refractivity contribution in [1.29, 1.82) is 0 Å². The molecule has 25 heavy (non-hydrogen) atoms. The van der Waals surface area contributed by atoms with Crippen LogP contribution in [0, 0.1) is 5.92 Å². The lowest BCUT2D eigenvalue weighted by molar-refractivity contribution is -0.118. The van der Waals surface area contributed by atoms with Crippen LogP contribution in [-0.2, 0) is 11.8 Å². The van der Waals surface area contributed by atoms with Gasteiger partial charge in [-0.15, -0.1) is 0 Å². The summed E-state index contributed by atoms with van der Waals surface area (Å²) in [4.78, 5) is 24.5. The first-order valence-corrected chi connectivity index (χ1v) is 8.22. The van der Waals surface area contributed by atoms with Gasteiger partial charge in [-0.05, 0) is 24.3 Å². The number of amides is 2. The number of hydrogen-bond donors (Lipinski definition) is 2. The van der Waals surface area contributed by atoms with Crippen LogP contribution >= 0.6 is 0 Å². The molecule has 0 atom stereocenters. The Hall–Kier alpha value is -3.08. The van der Waals surface area contributed by atoms with E-state index in [4.69, 9.17) is 0 Å². The van der Waals surface area contributed by atoms with Crippen LogP contribution in [0.15, 0.2) is 54.7 Å². The fourth-order valence-corrected chi connectivity index (χ4v) is 2.68. The molecule has 2 N–H and O–H groups in total. The van der Waals surface area contributed by atoms with Gasteiger partial charge in [0.25, 0.3) is 5.91 Å². The normalized spacial score (nSPS) is 10.9. The van der Waals surface area contributed by atoms with Crippen molar-refractivity contribution in [2.45, 2.75) is 13.8 Å². The molecular formula is C20H21N3O2. The SMILES string of the molecule is CC(C)C(=O)Nc1cccc(NC(=O)c2cn(C)c3ccccc23)c1. The van der Waals surface area contributed by atoms with Gasteiger partial charge in [-0.25, -0.2) is 0 Å². The number of fused-ring (bicyclic) bond motifs is 1. The molecule has 1 aromatic heterocycles. The highest BCUT2D eigenvalue weighted by molar-refractivity contribution is 6.13. The van der Waals surface area contributed by atoms with Gasteiger partial charge in [-0.3, -0.25) is 9.59 Å². The molecule has 0 saturated carbocycles. The van der Waals surface area contributed by atoms with Gasteiger partial charge in [0.2, 0.25) is 5.91 Å². The molecule has 0 saturated heterocycles. The molecule has 0 aliphatic rings. The Balaban J connectivity index is 1.82. The van der Waals surface area contributed by atoms with E-state index in [0.29, 0.717) is 16.9 Å². The number of anilines is 2. The van der Waals surface area contributed by atoms with Crippen LogP contribution in [0.3, 0.4) is 0 Å². The van der Waals surface area contributed by atoms with E-state index in [0.717, 1.165) is 10.9 Å². The highest BCUT2D eigenvalue weighted by Crippen LogP contribution is 2.22. The summed E-state index contributed by atoms with van der Waals surface area (Å²) < 4.78 is 1.93. The Morgan fingerprint density at radius 1 is 0.960 bits per heavy atom. The highest BCUT2D eigenvalue weighted by Gasteiger charge is 2.14. The average molecular weight is 335 g/mol. The number of carbonyl (C=O) groups is 2. The minimum atomic E-state index is -0.177. The van der Waals surface area contributed by atoms with Crippen molar-refractivity contribution in [3.05, 3.63) is 60.3 Å². The van der Waals surface area contributed by atoms with E-state index in [1.54, 1.807) is 24.3 Å². The van der Waals surface area contributed by atoms with E-state index in [-0.39, 0.29) is 17.7 Å². The van der Waals surface area contributed by atoms with Crippen molar-refractivity contribution in [3.63, 3.8) is 0 Å². The van der Waals surface area contributed by atoms with Crippen LogP contribution in [0.1, 0.15) is 24.2 Å². The lowest BCUT2D eigenvalue weighted by atomic mass is 10.1. The maximum absolute atomic E-state index is 12.7. The van der Waals surface area contributed by atoms with Crippen molar-refractivity contribution in [3.8, 4) is 0 Å². The number of rotatable bonds is 4. The first-order chi connectivity index (χ1) is 12.0. The summed E-state index contributed by atoms with van der Waals surface area (Å²) in [7, 11) is 1.92. The minimum absolute atomic E-state index is 0.0578. The van der Waals surface area contributed by atoms with E-state index in [9.17, 15) is 9.59 Å². The number of aryl methyl sites for hydroxylation is 1. The summed E-state index contributed by atoms with van der Waals surface area (Å²) in [5, 5.41) is 6.65. The van der Waals surface area contributed by atoms with Crippen LogP contribution in [0.5, 0.6) is 0 Å². The zero-order chi connectivity index (χ0) is 18.0. The lowest BCUT2D eigenvalue weighted by Crippen LogP contribution is -2.18. The van der Waals surface area contributed by atoms with E-state index < -0.39 is 0 Å². The van der Waals surface area contributed by atoms with E-state index in [1.165, 1.54) is 0 Å². The monoisotopic (exact) mass is 335 g/mol. The Morgan fingerprint density at radius 3 is 2.36 bits per heavy atom. The number of aromatic nitrogens is 1. The van der Waals surface area contributed by atoms with Gasteiger partial charge in [0.05, 0.1) is 5.56 Å². The van der Waals surface area contributed by atoms with Crippen molar-refractivity contribution >= 4 is 34.1 Å². The van der Waals surface area contributed by atoms with Crippen molar-refractivity contribution in [1.82, 2.24) is 4.57 Å². The van der Waals surface area contributed by atoms with Gasteiger partial charge in [0.15, 0.2) is 0 Å². The minimum Gasteiger partial charge on any atom is -0.350 e. The van der Waals surface area contributed by atoms with Gasteiger partial charge < -0.3 is 15.2 Å². The zero-order valence-electron chi connectivity index (χ0n) is 14.5. The summed E-state index contributed by atoms with van der Waals surface area (Å²) >= 11 is 0. The number of nitrogens with one attached hydrogen (secondary N) is 2. The first-order valence-electron chi connectivity index (χ1n) is 8.22. The van der Waals surface area contributed by atoms with E-state index in [2.05, 4.69) is 10.6 Å². The molecule has 2 amide bonds. The molecule has 0 aliphatic carbocycles. The maximum Gasteiger partial charge on any atom is 0.257 e. The van der Waals surface area contributed by atoms with Crippen molar-refractivity contribution < 1.29 is 9.59 Å². The molecule has 3 rings (SSSR count). The van der Waals surface area contributed by atoms with Gasteiger partial charge >= 0.3 is 0 Å². The average Bonchev–Trinajstić information content (AvgIpc) is 2.92. The molecule has 128 valence electrons. The molecular weight excluding hydrogens is 314 g/mol. The van der Waals surface area contributed by atoms with Gasteiger partial charge in [-0.2, -0.15) is 0 Å². The van der Waals surface area contributed by atoms with Crippen LogP contribution in [0.2, 0.25) is 0 Å². The summed E-state index contributed by atoms with van der Waals surface area (Å²) in [5.74, 6) is -0.337. The molecule has 0 fully saturated rings. The van der Waals surface area contributed by atoms with Gasteiger partial charge in [0, 0.05) is 41.4 Å². The van der Waals surface area contributed by atoms with E-state index >= 15 is 0 Å². The number of carbonyl (C=O) groups excluding carboxylic acids is 2. The molecule has 0 aliphatic heterocycles. The Bertz CT molecular complexity index is 941. The summed E-state index contributed by atoms with van der Waals surface area (Å²) in [5.41, 5.74) is 2.93. The van der Waals surface area contributed by atoms with Crippen LogP contribution < -0.4 is 10.6 Å². The number of para-hydroxylation sites is 1. The van der Waals surface area contributed by atoms with Crippen LogP contribution in [0.25, 0.3) is 10.9 Å². The molecule has 5 heteroatoms.